The summed E-state index contributed by atoms with van der Waals surface area (Å²) in [6.07, 6.45) is 1.62. The number of aliphatic hydroxyl groups is 1. The molecule has 0 aromatic carbocycles. The van der Waals surface area contributed by atoms with E-state index in [4.69, 9.17) is 4.74 Å². The first-order valence-electron chi connectivity index (χ1n) is 8.24. The third-order valence-electron chi connectivity index (χ3n) is 4.83. The Morgan fingerprint density at radius 3 is 2.65 bits per heavy atom. The smallest absolute Gasteiger partial charge is 0.271 e. The van der Waals surface area contributed by atoms with Gasteiger partial charge in [0, 0.05) is 25.7 Å². The third kappa shape index (κ3) is 3.54. The number of carbonyl (C=O) groups excluding carboxylic acids is 1. The highest BCUT2D eigenvalue weighted by molar-refractivity contribution is 5.91. The summed E-state index contributed by atoms with van der Waals surface area (Å²) in [6, 6.07) is 5.83. The lowest BCUT2D eigenvalue weighted by Crippen LogP contribution is -2.46. The molecule has 0 aliphatic carbocycles. The number of ether oxygens (including phenoxy) is 1. The van der Waals surface area contributed by atoms with Crippen molar-refractivity contribution in [2.75, 3.05) is 40.4 Å². The minimum Gasteiger partial charge on any atom is -0.389 e. The van der Waals surface area contributed by atoms with Crippen molar-refractivity contribution in [2.45, 2.75) is 30.9 Å². The van der Waals surface area contributed by atoms with Crippen LogP contribution in [0.1, 0.15) is 34.9 Å². The fraction of sp³-hybridized carbons (Fsp3) is 0.647. The van der Waals surface area contributed by atoms with E-state index in [0.717, 1.165) is 31.6 Å². The van der Waals surface area contributed by atoms with Crippen LogP contribution in [0.5, 0.6) is 0 Å². The highest BCUT2D eigenvalue weighted by atomic mass is 16.5. The monoisotopic (exact) mass is 319 g/mol. The maximum Gasteiger partial charge on any atom is 0.271 e. The molecule has 1 aromatic heterocycles. The summed E-state index contributed by atoms with van der Waals surface area (Å²) in [6.45, 7) is 2.93. The van der Waals surface area contributed by atoms with Gasteiger partial charge in [0.25, 0.3) is 5.91 Å². The van der Waals surface area contributed by atoms with Crippen molar-refractivity contribution < 1.29 is 14.6 Å². The van der Waals surface area contributed by atoms with E-state index in [2.05, 4.69) is 9.88 Å². The molecule has 23 heavy (non-hydrogen) atoms. The highest BCUT2D eigenvalue weighted by Gasteiger charge is 2.34. The Balaban J connectivity index is 1.63. The number of aromatic nitrogens is 1. The molecule has 6 nitrogen and oxygen atoms in total. The molecule has 0 spiro atoms. The van der Waals surface area contributed by atoms with Gasteiger partial charge in [0.1, 0.15) is 5.69 Å². The molecule has 2 aliphatic heterocycles. The Bertz CT molecular complexity index is 556. The molecule has 0 saturated carbocycles. The second kappa shape index (κ2) is 6.95. The van der Waals surface area contributed by atoms with Crippen molar-refractivity contribution in [3.63, 3.8) is 0 Å². The zero-order valence-corrected chi connectivity index (χ0v) is 13.8. The Morgan fingerprint density at radius 2 is 2.04 bits per heavy atom. The van der Waals surface area contributed by atoms with E-state index in [-0.39, 0.29) is 18.1 Å². The number of nitrogens with zero attached hydrogens (tertiary/aromatic N) is 3. The zero-order chi connectivity index (χ0) is 16.4. The van der Waals surface area contributed by atoms with Crippen LogP contribution in [0, 0.1) is 0 Å². The second-order valence-corrected chi connectivity index (χ2v) is 6.63. The molecule has 1 N–H and O–H groups in total. The lowest BCUT2D eigenvalue weighted by molar-refractivity contribution is 0.0659. The van der Waals surface area contributed by atoms with E-state index in [1.54, 1.807) is 25.1 Å². The quantitative estimate of drug-likeness (QED) is 0.889. The summed E-state index contributed by atoms with van der Waals surface area (Å²) < 4.78 is 5.35. The zero-order valence-electron chi connectivity index (χ0n) is 13.8. The van der Waals surface area contributed by atoms with Crippen molar-refractivity contribution in [3.05, 3.63) is 29.6 Å². The number of aliphatic hydroxyl groups excluding tert-OH is 1. The van der Waals surface area contributed by atoms with Gasteiger partial charge in [0.15, 0.2) is 0 Å². The molecule has 1 aromatic rings. The summed E-state index contributed by atoms with van der Waals surface area (Å²) in [4.78, 5) is 20.5. The molecule has 6 heteroatoms. The number of pyridine rings is 1. The Labute approximate surface area is 137 Å². The van der Waals surface area contributed by atoms with E-state index >= 15 is 0 Å². The molecule has 2 saturated heterocycles. The lowest BCUT2D eigenvalue weighted by atomic mass is 9.91. The molecular formula is C17H25N3O3. The number of piperidine rings is 1. The van der Waals surface area contributed by atoms with Crippen LogP contribution in [0.15, 0.2) is 18.2 Å². The minimum atomic E-state index is -0.370. The predicted molar refractivity (Wildman–Crippen MR) is 86.4 cm³/mol. The Kier molecular flexibility index (Phi) is 4.94. The largest absolute Gasteiger partial charge is 0.389 e. The van der Waals surface area contributed by atoms with Gasteiger partial charge in [-0.1, -0.05) is 6.07 Å². The molecule has 0 radical (unpaired) electrons. The van der Waals surface area contributed by atoms with Crippen molar-refractivity contribution in [2.24, 2.45) is 0 Å². The van der Waals surface area contributed by atoms with Gasteiger partial charge in [-0.05, 0) is 38.1 Å². The molecule has 3 rings (SSSR count). The summed E-state index contributed by atoms with van der Waals surface area (Å²) in [5.41, 5.74) is 1.51. The number of likely N-dealkylation sites (tertiary alicyclic amines) is 1. The predicted octanol–water partition coefficient (Wildman–Crippen LogP) is 0.722. The molecule has 2 atom stereocenters. The number of amides is 1. The highest BCUT2D eigenvalue weighted by Crippen LogP contribution is 2.29. The van der Waals surface area contributed by atoms with Gasteiger partial charge in [-0.3, -0.25) is 9.69 Å². The maximum absolute atomic E-state index is 12.1. The first-order chi connectivity index (χ1) is 11.1. The second-order valence-electron chi connectivity index (χ2n) is 6.63. The fourth-order valence-corrected chi connectivity index (χ4v) is 3.43. The molecule has 2 aliphatic rings. The molecule has 1 amide bonds. The van der Waals surface area contributed by atoms with Crippen LogP contribution in [0.25, 0.3) is 0 Å². The molecule has 0 unspecified atom stereocenters. The van der Waals surface area contributed by atoms with E-state index < -0.39 is 0 Å². The first-order valence-corrected chi connectivity index (χ1v) is 8.24. The summed E-state index contributed by atoms with van der Waals surface area (Å²) in [7, 11) is 3.48. The van der Waals surface area contributed by atoms with E-state index in [1.807, 2.05) is 12.1 Å². The number of rotatable bonds is 3. The van der Waals surface area contributed by atoms with E-state index in [0.29, 0.717) is 24.8 Å². The maximum atomic E-state index is 12.1. The van der Waals surface area contributed by atoms with E-state index in [9.17, 15) is 9.90 Å². The summed E-state index contributed by atoms with van der Waals surface area (Å²) in [5, 5.41) is 9.95. The number of carbonyl (C=O) groups is 1. The average molecular weight is 319 g/mol. The van der Waals surface area contributed by atoms with Crippen LogP contribution in [0.3, 0.4) is 0 Å². The van der Waals surface area contributed by atoms with Gasteiger partial charge < -0.3 is 14.7 Å². The van der Waals surface area contributed by atoms with Crippen LogP contribution in [-0.2, 0) is 4.74 Å². The molecular weight excluding hydrogens is 294 g/mol. The van der Waals surface area contributed by atoms with Crippen LogP contribution in [0.4, 0.5) is 0 Å². The summed E-state index contributed by atoms with van der Waals surface area (Å²) >= 11 is 0. The standard InChI is InChI=1S/C17H25N3O3/c1-19(2)17(22)14-5-3-4-13(18-14)12-6-8-20(9-7-12)15-10-23-11-16(15)21/h3-5,12,15-16,21H,6-11H2,1-2H3/t15-,16+/m1/s1. The SMILES string of the molecule is CN(C)C(=O)c1cccc(C2CCN([C@@H]3COC[C@@H]3O)CC2)n1. The molecule has 3 heterocycles. The van der Waals surface area contributed by atoms with Gasteiger partial charge in [-0.2, -0.15) is 0 Å². The Hall–Kier alpha value is -1.50. The molecule has 126 valence electrons. The lowest BCUT2D eigenvalue weighted by Gasteiger charge is -2.36. The van der Waals surface area contributed by atoms with Crippen LogP contribution >= 0.6 is 0 Å². The van der Waals surface area contributed by atoms with Crippen LogP contribution < -0.4 is 0 Å². The van der Waals surface area contributed by atoms with Crippen LogP contribution in [-0.4, -0.2) is 78.3 Å². The van der Waals surface area contributed by atoms with Gasteiger partial charge in [-0.15, -0.1) is 0 Å². The van der Waals surface area contributed by atoms with Gasteiger partial charge in [0.05, 0.1) is 25.4 Å². The number of hydrogen-bond acceptors (Lipinski definition) is 5. The number of hydrogen-bond donors (Lipinski definition) is 1. The fourth-order valence-electron chi connectivity index (χ4n) is 3.43. The van der Waals surface area contributed by atoms with Crippen LogP contribution in [0.2, 0.25) is 0 Å². The normalized spacial score (nSPS) is 26.4. The van der Waals surface area contributed by atoms with Crippen molar-refractivity contribution >= 4 is 5.91 Å². The van der Waals surface area contributed by atoms with Gasteiger partial charge in [0.2, 0.25) is 0 Å². The Morgan fingerprint density at radius 1 is 1.30 bits per heavy atom. The summed E-state index contributed by atoms with van der Waals surface area (Å²) in [5.74, 6) is 0.316. The third-order valence-corrected chi connectivity index (χ3v) is 4.83. The van der Waals surface area contributed by atoms with Crippen molar-refractivity contribution in [3.8, 4) is 0 Å². The molecule has 2 fully saturated rings. The average Bonchev–Trinajstić information content (AvgIpc) is 3.00. The van der Waals surface area contributed by atoms with Crippen molar-refractivity contribution in [1.82, 2.24) is 14.8 Å². The van der Waals surface area contributed by atoms with Gasteiger partial charge >= 0.3 is 0 Å². The van der Waals surface area contributed by atoms with E-state index in [1.165, 1.54) is 0 Å². The van der Waals surface area contributed by atoms with Gasteiger partial charge in [-0.25, -0.2) is 4.98 Å². The topological polar surface area (TPSA) is 65.9 Å². The minimum absolute atomic E-state index is 0.0597. The first kappa shape index (κ1) is 16.4. The molecule has 0 bridgehead atoms. The van der Waals surface area contributed by atoms with Crippen molar-refractivity contribution in [1.29, 1.82) is 0 Å².